The number of carbonyl (C=O) groups excluding carboxylic acids is 2. The summed E-state index contributed by atoms with van der Waals surface area (Å²) in [7, 11) is 0. The number of hydrogen-bond acceptors (Lipinski definition) is 3. The van der Waals surface area contributed by atoms with Crippen molar-refractivity contribution in [1.82, 2.24) is 5.32 Å². The average Bonchev–Trinajstić information content (AvgIpc) is 2.69. The van der Waals surface area contributed by atoms with Crippen LogP contribution in [0.5, 0.6) is 5.75 Å². The SMILES string of the molecule is CC(C)(C)c1ccc(OCCCC(=O)NCc2ccccc2NC(=O)C(F)(F)F)cc1. The minimum atomic E-state index is -4.98. The van der Waals surface area contributed by atoms with Crippen molar-refractivity contribution in [1.29, 1.82) is 0 Å². The van der Waals surface area contributed by atoms with Crippen molar-refractivity contribution in [2.45, 2.75) is 51.7 Å². The van der Waals surface area contributed by atoms with Gasteiger partial charge in [0.05, 0.1) is 6.61 Å². The number of nitrogens with one attached hydrogen (secondary N) is 2. The summed E-state index contributed by atoms with van der Waals surface area (Å²) in [5.74, 6) is -1.59. The Morgan fingerprint density at radius 2 is 1.61 bits per heavy atom. The van der Waals surface area contributed by atoms with Gasteiger partial charge in [-0.3, -0.25) is 9.59 Å². The van der Waals surface area contributed by atoms with E-state index in [4.69, 9.17) is 4.74 Å². The van der Waals surface area contributed by atoms with E-state index in [0.717, 1.165) is 5.75 Å². The summed E-state index contributed by atoms with van der Waals surface area (Å²) in [5, 5.41) is 4.47. The number of ether oxygens (including phenoxy) is 1. The maximum atomic E-state index is 12.5. The van der Waals surface area contributed by atoms with E-state index in [1.807, 2.05) is 29.6 Å². The molecule has 2 aromatic rings. The number of para-hydroxylation sites is 1. The molecule has 0 aliphatic carbocycles. The largest absolute Gasteiger partial charge is 0.494 e. The highest BCUT2D eigenvalue weighted by molar-refractivity contribution is 5.95. The van der Waals surface area contributed by atoms with Gasteiger partial charge in [0.2, 0.25) is 5.91 Å². The first-order valence-corrected chi connectivity index (χ1v) is 9.93. The van der Waals surface area contributed by atoms with E-state index in [9.17, 15) is 22.8 Å². The zero-order valence-electron chi connectivity index (χ0n) is 17.8. The standard InChI is InChI=1S/C23H27F3N2O3/c1-22(2,3)17-10-12-18(13-11-17)31-14-6-9-20(29)27-15-16-7-4-5-8-19(16)28-21(30)23(24,25)26/h4-5,7-8,10-13H,6,9,14-15H2,1-3H3,(H,27,29)(H,28,30). The zero-order valence-corrected chi connectivity index (χ0v) is 17.8. The van der Waals surface area contributed by atoms with Gasteiger partial charge in [0, 0.05) is 18.7 Å². The Morgan fingerprint density at radius 3 is 2.23 bits per heavy atom. The number of hydrogen-bond donors (Lipinski definition) is 2. The summed E-state index contributed by atoms with van der Waals surface area (Å²) < 4.78 is 43.0. The first-order valence-electron chi connectivity index (χ1n) is 9.93. The van der Waals surface area contributed by atoms with E-state index in [1.54, 1.807) is 6.07 Å². The van der Waals surface area contributed by atoms with E-state index in [0.29, 0.717) is 18.6 Å². The fraction of sp³-hybridized carbons (Fsp3) is 0.391. The van der Waals surface area contributed by atoms with Crippen LogP contribution in [0.2, 0.25) is 0 Å². The molecule has 0 unspecified atom stereocenters. The highest BCUT2D eigenvalue weighted by Crippen LogP contribution is 2.24. The molecule has 0 fully saturated rings. The van der Waals surface area contributed by atoms with E-state index in [1.165, 1.54) is 23.8 Å². The molecule has 2 amide bonds. The van der Waals surface area contributed by atoms with Gasteiger partial charge in [-0.1, -0.05) is 51.1 Å². The summed E-state index contributed by atoms with van der Waals surface area (Å²) in [6, 6.07) is 13.8. The summed E-state index contributed by atoms with van der Waals surface area (Å²) in [5.41, 5.74) is 1.65. The Balaban J connectivity index is 1.76. The van der Waals surface area contributed by atoms with Crippen molar-refractivity contribution in [2.24, 2.45) is 0 Å². The summed E-state index contributed by atoms with van der Waals surface area (Å²) in [4.78, 5) is 23.2. The lowest BCUT2D eigenvalue weighted by atomic mass is 9.87. The van der Waals surface area contributed by atoms with Gasteiger partial charge in [-0.05, 0) is 41.2 Å². The number of carbonyl (C=O) groups is 2. The third-order valence-electron chi connectivity index (χ3n) is 4.54. The Hall–Kier alpha value is -3.03. The van der Waals surface area contributed by atoms with Gasteiger partial charge in [-0.15, -0.1) is 0 Å². The average molecular weight is 436 g/mol. The Morgan fingerprint density at radius 1 is 0.968 bits per heavy atom. The topological polar surface area (TPSA) is 67.4 Å². The fourth-order valence-corrected chi connectivity index (χ4v) is 2.75. The summed E-state index contributed by atoms with van der Waals surface area (Å²) >= 11 is 0. The van der Waals surface area contributed by atoms with Crippen LogP contribution in [0.1, 0.15) is 44.7 Å². The maximum absolute atomic E-state index is 12.5. The van der Waals surface area contributed by atoms with Crippen molar-refractivity contribution in [3.05, 3.63) is 59.7 Å². The lowest BCUT2D eigenvalue weighted by Gasteiger charge is -2.19. The van der Waals surface area contributed by atoms with Crippen molar-refractivity contribution in [3.8, 4) is 5.75 Å². The van der Waals surface area contributed by atoms with Gasteiger partial charge in [0.25, 0.3) is 0 Å². The van der Waals surface area contributed by atoms with Crippen LogP contribution in [-0.2, 0) is 21.5 Å². The quantitative estimate of drug-likeness (QED) is 0.575. The molecule has 0 saturated heterocycles. The monoisotopic (exact) mass is 436 g/mol. The van der Waals surface area contributed by atoms with Gasteiger partial charge in [0.1, 0.15) is 5.75 Å². The molecular weight excluding hydrogens is 409 g/mol. The van der Waals surface area contributed by atoms with Gasteiger partial charge in [0.15, 0.2) is 0 Å². The second kappa shape index (κ2) is 10.3. The number of halogens is 3. The third-order valence-corrected chi connectivity index (χ3v) is 4.54. The molecule has 8 heteroatoms. The lowest BCUT2D eigenvalue weighted by molar-refractivity contribution is -0.167. The molecule has 0 radical (unpaired) electrons. The highest BCUT2D eigenvalue weighted by Gasteiger charge is 2.38. The van der Waals surface area contributed by atoms with Crippen LogP contribution in [0.25, 0.3) is 0 Å². The van der Waals surface area contributed by atoms with Crippen molar-refractivity contribution in [3.63, 3.8) is 0 Å². The third kappa shape index (κ3) is 7.96. The van der Waals surface area contributed by atoms with Crippen LogP contribution in [-0.4, -0.2) is 24.6 Å². The lowest BCUT2D eigenvalue weighted by Crippen LogP contribution is -2.31. The maximum Gasteiger partial charge on any atom is 0.471 e. The summed E-state index contributed by atoms with van der Waals surface area (Å²) in [6.45, 7) is 6.75. The van der Waals surface area contributed by atoms with Crippen LogP contribution < -0.4 is 15.4 Å². The molecule has 0 aromatic heterocycles. The number of benzene rings is 2. The van der Waals surface area contributed by atoms with Crippen LogP contribution in [0, 0.1) is 0 Å². The van der Waals surface area contributed by atoms with E-state index >= 15 is 0 Å². The predicted octanol–water partition coefficient (Wildman–Crippen LogP) is 4.96. The summed E-state index contributed by atoms with van der Waals surface area (Å²) in [6.07, 6.45) is -4.29. The molecule has 31 heavy (non-hydrogen) atoms. The van der Waals surface area contributed by atoms with E-state index in [-0.39, 0.29) is 30.0 Å². The molecule has 0 spiro atoms. The van der Waals surface area contributed by atoms with E-state index < -0.39 is 12.1 Å². The van der Waals surface area contributed by atoms with Crippen LogP contribution >= 0.6 is 0 Å². The number of rotatable bonds is 8. The Labute approximate surface area is 180 Å². The zero-order chi connectivity index (χ0) is 23.1. The fourth-order valence-electron chi connectivity index (χ4n) is 2.75. The predicted molar refractivity (Wildman–Crippen MR) is 113 cm³/mol. The molecule has 2 aromatic carbocycles. The minimum Gasteiger partial charge on any atom is -0.494 e. The first kappa shape index (κ1) is 24.2. The Kier molecular flexibility index (Phi) is 8.08. The van der Waals surface area contributed by atoms with E-state index in [2.05, 4.69) is 26.1 Å². The molecule has 5 nitrogen and oxygen atoms in total. The molecule has 0 bridgehead atoms. The molecule has 0 atom stereocenters. The molecule has 0 aliphatic rings. The number of alkyl halides is 3. The van der Waals surface area contributed by atoms with Gasteiger partial charge < -0.3 is 15.4 Å². The second-order valence-electron chi connectivity index (χ2n) is 8.11. The van der Waals surface area contributed by atoms with Crippen LogP contribution in [0.4, 0.5) is 18.9 Å². The van der Waals surface area contributed by atoms with Crippen molar-refractivity contribution in [2.75, 3.05) is 11.9 Å². The van der Waals surface area contributed by atoms with Crippen molar-refractivity contribution >= 4 is 17.5 Å². The normalized spacial score (nSPS) is 11.7. The molecule has 2 N–H and O–H groups in total. The second-order valence-corrected chi connectivity index (χ2v) is 8.11. The van der Waals surface area contributed by atoms with Gasteiger partial charge >= 0.3 is 12.1 Å². The van der Waals surface area contributed by atoms with Gasteiger partial charge in [-0.2, -0.15) is 13.2 Å². The molecule has 168 valence electrons. The molecular formula is C23H27F3N2O3. The molecule has 0 aliphatic heterocycles. The molecule has 2 rings (SSSR count). The smallest absolute Gasteiger partial charge is 0.471 e. The van der Waals surface area contributed by atoms with Crippen molar-refractivity contribution < 1.29 is 27.5 Å². The molecule has 0 saturated carbocycles. The van der Waals surface area contributed by atoms with Gasteiger partial charge in [-0.25, -0.2) is 0 Å². The van der Waals surface area contributed by atoms with Crippen LogP contribution in [0.3, 0.4) is 0 Å². The molecule has 0 heterocycles. The van der Waals surface area contributed by atoms with Crippen LogP contribution in [0.15, 0.2) is 48.5 Å². The number of amides is 2. The Bertz CT molecular complexity index is 888. The first-order chi connectivity index (χ1) is 14.5. The minimum absolute atomic E-state index is 0.00225. The number of anilines is 1. The highest BCUT2D eigenvalue weighted by atomic mass is 19.4.